The monoisotopic (exact) mass is 485 g/mol. The van der Waals surface area contributed by atoms with E-state index in [1.165, 1.54) is 0 Å². The van der Waals surface area contributed by atoms with Gasteiger partial charge in [0.1, 0.15) is 17.1 Å². The van der Waals surface area contributed by atoms with E-state index in [-0.39, 0.29) is 37.4 Å². The Morgan fingerprint density at radius 1 is 1.06 bits per heavy atom. The van der Waals surface area contributed by atoms with Gasteiger partial charge in [0.05, 0.1) is 6.54 Å². The third kappa shape index (κ3) is 6.95. The van der Waals surface area contributed by atoms with E-state index in [9.17, 15) is 40.3 Å². The summed E-state index contributed by atoms with van der Waals surface area (Å²) in [6.45, 7) is 0.858. The molecule has 2 amide bonds. The molecular formula is C20H22F7N3O3. The van der Waals surface area contributed by atoms with Crippen molar-refractivity contribution in [2.24, 2.45) is 5.92 Å². The topological polar surface area (TPSA) is 70.7 Å². The highest BCUT2D eigenvalue weighted by atomic mass is 19.4. The third-order valence-electron chi connectivity index (χ3n) is 5.66. The summed E-state index contributed by atoms with van der Waals surface area (Å²) >= 11 is 0. The smallest absolute Gasteiger partial charge is 0.406 e. The van der Waals surface area contributed by atoms with Crippen LogP contribution in [-0.4, -0.2) is 61.0 Å². The molecule has 0 radical (unpaired) electrons. The van der Waals surface area contributed by atoms with E-state index in [4.69, 9.17) is 0 Å². The SMILES string of the molecule is O=C(CN1CCC(CNC(=O)c2cc(F)cc(OC(F)(F)F)c2)CC1)NC1(C(F)(F)F)CC1. The zero-order chi connectivity index (χ0) is 24.4. The largest absolute Gasteiger partial charge is 0.573 e. The lowest BCUT2D eigenvalue weighted by atomic mass is 9.96. The van der Waals surface area contributed by atoms with Crippen molar-refractivity contribution >= 4 is 11.8 Å². The van der Waals surface area contributed by atoms with Gasteiger partial charge in [-0.1, -0.05) is 0 Å². The minimum atomic E-state index is -5.03. The maximum atomic E-state index is 13.5. The maximum absolute atomic E-state index is 13.5. The molecule has 0 bridgehead atoms. The fourth-order valence-corrected chi connectivity index (χ4v) is 3.69. The Bertz CT molecular complexity index is 877. The molecule has 0 aromatic heterocycles. The number of piperidine rings is 1. The van der Waals surface area contributed by atoms with Crippen molar-refractivity contribution in [2.75, 3.05) is 26.2 Å². The number of carbonyl (C=O) groups is 2. The predicted octanol–water partition coefficient (Wildman–Crippen LogP) is 3.38. The lowest BCUT2D eigenvalue weighted by Crippen LogP contribution is -2.51. The van der Waals surface area contributed by atoms with Crippen LogP contribution >= 0.6 is 0 Å². The normalized spacial score (nSPS) is 19.1. The molecule has 2 fully saturated rings. The first-order chi connectivity index (χ1) is 15.3. The lowest BCUT2D eigenvalue weighted by molar-refractivity contribution is -0.274. The molecule has 2 aliphatic rings. The van der Waals surface area contributed by atoms with Gasteiger partial charge in [-0.25, -0.2) is 4.39 Å². The van der Waals surface area contributed by atoms with E-state index in [0.29, 0.717) is 32.0 Å². The van der Waals surface area contributed by atoms with E-state index < -0.39 is 41.5 Å². The zero-order valence-electron chi connectivity index (χ0n) is 17.3. The van der Waals surface area contributed by atoms with Crippen molar-refractivity contribution in [3.63, 3.8) is 0 Å². The summed E-state index contributed by atoms with van der Waals surface area (Å²) in [5.41, 5.74) is -2.43. The van der Waals surface area contributed by atoms with Crippen LogP contribution in [0.2, 0.25) is 0 Å². The third-order valence-corrected chi connectivity index (χ3v) is 5.66. The molecule has 1 aliphatic carbocycles. The Kier molecular flexibility index (Phi) is 7.10. The minimum absolute atomic E-state index is 0.0161. The van der Waals surface area contributed by atoms with Gasteiger partial charge in [-0.05, 0) is 56.8 Å². The van der Waals surface area contributed by atoms with Crippen molar-refractivity contribution in [3.8, 4) is 5.75 Å². The fourth-order valence-electron chi connectivity index (χ4n) is 3.69. The second-order valence-corrected chi connectivity index (χ2v) is 8.28. The van der Waals surface area contributed by atoms with Gasteiger partial charge in [0, 0.05) is 18.2 Å². The molecule has 184 valence electrons. The fraction of sp³-hybridized carbons (Fsp3) is 0.600. The van der Waals surface area contributed by atoms with Gasteiger partial charge in [-0.15, -0.1) is 13.2 Å². The van der Waals surface area contributed by atoms with Crippen molar-refractivity contribution in [3.05, 3.63) is 29.6 Å². The van der Waals surface area contributed by atoms with Crippen LogP contribution in [0.4, 0.5) is 30.7 Å². The quantitative estimate of drug-likeness (QED) is 0.582. The van der Waals surface area contributed by atoms with Crippen LogP contribution in [0.1, 0.15) is 36.0 Å². The molecule has 33 heavy (non-hydrogen) atoms. The van der Waals surface area contributed by atoms with Crippen LogP contribution in [0.15, 0.2) is 18.2 Å². The van der Waals surface area contributed by atoms with E-state index >= 15 is 0 Å². The van der Waals surface area contributed by atoms with Gasteiger partial charge >= 0.3 is 12.5 Å². The summed E-state index contributed by atoms with van der Waals surface area (Å²) in [5.74, 6) is -3.40. The van der Waals surface area contributed by atoms with Crippen LogP contribution in [-0.2, 0) is 4.79 Å². The van der Waals surface area contributed by atoms with Crippen LogP contribution in [0.3, 0.4) is 0 Å². The molecule has 3 rings (SSSR count). The molecule has 1 heterocycles. The van der Waals surface area contributed by atoms with Crippen LogP contribution in [0, 0.1) is 11.7 Å². The summed E-state index contributed by atoms with van der Waals surface area (Å²) in [7, 11) is 0. The van der Waals surface area contributed by atoms with Gasteiger partial charge in [-0.3, -0.25) is 14.5 Å². The van der Waals surface area contributed by atoms with E-state index in [2.05, 4.69) is 15.4 Å². The number of carbonyl (C=O) groups excluding carboxylic acids is 2. The van der Waals surface area contributed by atoms with Crippen LogP contribution < -0.4 is 15.4 Å². The highest BCUT2D eigenvalue weighted by molar-refractivity contribution is 5.94. The molecule has 0 atom stereocenters. The molecule has 0 spiro atoms. The van der Waals surface area contributed by atoms with Gasteiger partial charge in [-0.2, -0.15) is 13.2 Å². The minimum Gasteiger partial charge on any atom is -0.406 e. The standard InChI is InChI=1S/C20H22F7N3O3/c21-14-7-13(8-15(9-14)33-20(25,26)27)17(32)28-10-12-1-5-30(6-2-12)11-16(31)29-18(3-4-18)19(22,23)24/h7-9,12H,1-6,10-11H2,(H,28,32)(H,29,31). The first-order valence-corrected chi connectivity index (χ1v) is 10.2. The Morgan fingerprint density at radius 2 is 1.70 bits per heavy atom. The Morgan fingerprint density at radius 3 is 2.24 bits per heavy atom. The molecule has 1 aromatic rings. The van der Waals surface area contributed by atoms with Gasteiger partial charge in [0.15, 0.2) is 0 Å². The molecular weight excluding hydrogens is 463 g/mol. The number of nitrogens with zero attached hydrogens (tertiary/aromatic N) is 1. The number of hydrogen-bond acceptors (Lipinski definition) is 4. The van der Waals surface area contributed by atoms with Crippen molar-refractivity contribution < 1.29 is 45.1 Å². The van der Waals surface area contributed by atoms with E-state index in [1.807, 2.05) is 0 Å². The summed E-state index contributed by atoms with van der Waals surface area (Å²) in [6, 6.07) is 2.07. The van der Waals surface area contributed by atoms with Crippen molar-refractivity contribution in [2.45, 2.75) is 43.8 Å². The number of hydrogen-bond donors (Lipinski definition) is 2. The van der Waals surface area contributed by atoms with Gasteiger partial charge in [0.25, 0.3) is 5.91 Å². The molecule has 1 saturated heterocycles. The maximum Gasteiger partial charge on any atom is 0.573 e. The van der Waals surface area contributed by atoms with E-state index in [0.717, 1.165) is 12.1 Å². The number of benzene rings is 1. The first-order valence-electron chi connectivity index (χ1n) is 10.2. The number of likely N-dealkylation sites (tertiary alicyclic amines) is 1. The van der Waals surface area contributed by atoms with Gasteiger partial charge in [0.2, 0.25) is 5.91 Å². The summed E-state index contributed by atoms with van der Waals surface area (Å²) in [5, 5.41) is 4.61. The second kappa shape index (κ2) is 9.35. The molecule has 13 heteroatoms. The van der Waals surface area contributed by atoms with Crippen molar-refractivity contribution in [1.82, 2.24) is 15.5 Å². The highest BCUT2D eigenvalue weighted by Crippen LogP contribution is 2.48. The molecule has 1 aliphatic heterocycles. The number of nitrogens with one attached hydrogen (secondary N) is 2. The van der Waals surface area contributed by atoms with Crippen molar-refractivity contribution in [1.29, 1.82) is 0 Å². The Labute approximate surface area is 184 Å². The average Bonchev–Trinajstić information content (AvgIpc) is 3.46. The summed E-state index contributed by atoms with van der Waals surface area (Å²) < 4.78 is 93.0. The molecule has 1 saturated carbocycles. The summed E-state index contributed by atoms with van der Waals surface area (Å²) in [4.78, 5) is 25.9. The molecule has 2 N–H and O–H groups in total. The second-order valence-electron chi connectivity index (χ2n) is 8.28. The molecule has 6 nitrogen and oxygen atoms in total. The number of alkyl halides is 6. The number of ether oxygens (including phenoxy) is 1. The van der Waals surface area contributed by atoms with E-state index in [1.54, 1.807) is 4.90 Å². The average molecular weight is 485 g/mol. The lowest BCUT2D eigenvalue weighted by Gasteiger charge is -2.32. The summed E-state index contributed by atoms with van der Waals surface area (Å²) in [6.07, 6.45) is -8.67. The van der Waals surface area contributed by atoms with Crippen LogP contribution in [0.25, 0.3) is 0 Å². The number of rotatable bonds is 7. The molecule has 0 unspecified atom stereocenters. The first kappa shape index (κ1) is 25.1. The molecule has 1 aromatic carbocycles. The Balaban J connectivity index is 1.43. The number of halogens is 7. The highest BCUT2D eigenvalue weighted by Gasteiger charge is 2.64. The van der Waals surface area contributed by atoms with Crippen LogP contribution in [0.5, 0.6) is 5.75 Å². The predicted molar refractivity (Wildman–Crippen MR) is 101 cm³/mol. The number of amides is 2. The van der Waals surface area contributed by atoms with Gasteiger partial charge < -0.3 is 15.4 Å². The zero-order valence-corrected chi connectivity index (χ0v) is 17.3. The Hall–Kier alpha value is -2.57.